The van der Waals surface area contributed by atoms with Crippen LogP contribution in [-0.2, 0) is 32.7 Å². The van der Waals surface area contributed by atoms with Crippen LogP contribution in [0.3, 0.4) is 0 Å². The number of carbonyl (C=O) groups is 2. The molecule has 2 saturated carbocycles. The van der Waals surface area contributed by atoms with Gasteiger partial charge in [-0.3, -0.25) is 0 Å². The molecular formula is C50H66O8Si2. The molecule has 4 aromatic rings. The van der Waals surface area contributed by atoms with Crippen molar-refractivity contribution in [3.8, 4) is 0 Å². The van der Waals surface area contributed by atoms with Gasteiger partial charge in [0.15, 0.2) is 0 Å². The van der Waals surface area contributed by atoms with Crippen LogP contribution in [0.5, 0.6) is 0 Å². The lowest BCUT2D eigenvalue weighted by Gasteiger charge is -2.50. The third-order valence-electron chi connectivity index (χ3n) is 13.0. The number of rotatable bonds is 17. The zero-order chi connectivity index (χ0) is 43.0. The lowest BCUT2D eigenvalue weighted by Crippen LogP contribution is -2.67. The summed E-state index contributed by atoms with van der Waals surface area (Å²) in [5.41, 5.74) is 0. The van der Waals surface area contributed by atoms with Crippen LogP contribution in [0.2, 0.25) is 10.1 Å². The Hall–Kier alpha value is -3.91. The van der Waals surface area contributed by atoms with E-state index in [1.807, 2.05) is 0 Å². The average Bonchev–Trinajstić information content (AvgIpc) is 3.23. The largest absolute Gasteiger partial charge is 0.480 e. The SMILES string of the molecule is CCOC(=O)CO[C@@H]1C[C@@H]2C[C@H](CO[Si](c3ccccc3)(c3ccccc3)C(C)(C)C)[C@@H](CO[Si](c3ccccc3)(c3ccccc3)C(C)(C)C)C[C@@H]2C[C@H]1OCC(=O)O. The fraction of sp³-hybridized carbons (Fsp3) is 0.480. The van der Waals surface area contributed by atoms with E-state index >= 15 is 0 Å². The van der Waals surface area contributed by atoms with Crippen molar-refractivity contribution >= 4 is 49.3 Å². The molecule has 8 nitrogen and oxygen atoms in total. The number of esters is 1. The summed E-state index contributed by atoms with van der Waals surface area (Å²) in [6, 6.07) is 43.3. The second kappa shape index (κ2) is 19.9. The van der Waals surface area contributed by atoms with E-state index in [1.54, 1.807) is 6.92 Å². The Morgan fingerprint density at radius 2 is 0.883 bits per heavy atom. The third kappa shape index (κ3) is 10.1. The van der Waals surface area contributed by atoms with Crippen molar-refractivity contribution in [2.45, 2.75) is 96.4 Å². The van der Waals surface area contributed by atoms with Crippen LogP contribution < -0.4 is 20.7 Å². The minimum Gasteiger partial charge on any atom is -0.480 e. The number of hydrogen-bond acceptors (Lipinski definition) is 7. The molecule has 0 radical (unpaired) electrons. The minimum atomic E-state index is -2.87. The minimum absolute atomic E-state index is 0.156. The van der Waals surface area contributed by atoms with Gasteiger partial charge in [-0.2, -0.15) is 0 Å². The zero-order valence-electron chi connectivity index (χ0n) is 36.7. The molecule has 0 unspecified atom stereocenters. The summed E-state index contributed by atoms with van der Waals surface area (Å²) in [6.07, 6.45) is 2.19. The first kappa shape index (κ1) is 45.6. The molecule has 4 aromatic carbocycles. The quantitative estimate of drug-likeness (QED) is 0.0857. The zero-order valence-corrected chi connectivity index (χ0v) is 38.7. The Bertz CT molecular complexity index is 1870. The summed E-state index contributed by atoms with van der Waals surface area (Å²) in [5, 5.41) is 14.2. The van der Waals surface area contributed by atoms with E-state index in [2.05, 4.69) is 163 Å². The first-order valence-electron chi connectivity index (χ1n) is 21.8. The summed E-state index contributed by atoms with van der Waals surface area (Å²) >= 11 is 0. The predicted molar refractivity (Wildman–Crippen MR) is 243 cm³/mol. The van der Waals surface area contributed by atoms with Crippen molar-refractivity contribution < 1.29 is 37.8 Å². The summed E-state index contributed by atoms with van der Waals surface area (Å²) < 4.78 is 32.9. The highest BCUT2D eigenvalue weighted by atomic mass is 28.4. The highest BCUT2D eigenvalue weighted by Gasteiger charge is 2.54. The number of carbonyl (C=O) groups excluding carboxylic acids is 1. The van der Waals surface area contributed by atoms with Crippen LogP contribution in [0.1, 0.15) is 74.1 Å². The van der Waals surface area contributed by atoms with Gasteiger partial charge in [0, 0.05) is 13.2 Å². The maximum atomic E-state index is 12.5. The number of fused-ring (bicyclic) bond motifs is 1. The van der Waals surface area contributed by atoms with Crippen LogP contribution in [0.15, 0.2) is 121 Å². The maximum Gasteiger partial charge on any atom is 0.332 e. The molecule has 0 aliphatic heterocycles. The molecule has 0 heterocycles. The molecule has 0 spiro atoms. The van der Waals surface area contributed by atoms with Crippen molar-refractivity contribution in [3.63, 3.8) is 0 Å². The van der Waals surface area contributed by atoms with E-state index in [-0.39, 0.29) is 47.0 Å². The van der Waals surface area contributed by atoms with Gasteiger partial charge in [0.25, 0.3) is 16.6 Å². The topological polar surface area (TPSA) is 101 Å². The molecule has 60 heavy (non-hydrogen) atoms. The molecule has 1 N–H and O–H groups in total. The number of ether oxygens (including phenoxy) is 3. The summed E-state index contributed by atoms with van der Waals surface area (Å²) in [5.74, 6) is -0.627. The number of hydrogen-bond donors (Lipinski definition) is 1. The van der Waals surface area contributed by atoms with Crippen molar-refractivity contribution in [1.82, 2.24) is 0 Å². The van der Waals surface area contributed by atoms with E-state index in [1.165, 1.54) is 20.7 Å². The Morgan fingerprint density at radius 1 is 0.550 bits per heavy atom. The van der Waals surface area contributed by atoms with E-state index in [4.69, 9.17) is 23.1 Å². The normalized spacial score (nSPS) is 22.4. The van der Waals surface area contributed by atoms with E-state index < -0.39 is 47.4 Å². The molecule has 0 amide bonds. The molecule has 0 bridgehead atoms. The van der Waals surface area contributed by atoms with Crippen LogP contribution >= 0.6 is 0 Å². The average molecular weight is 851 g/mol. The van der Waals surface area contributed by atoms with Crippen molar-refractivity contribution in [2.24, 2.45) is 23.7 Å². The van der Waals surface area contributed by atoms with Crippen molar-refractivity contribution in [1.29, 1.82) is 0 Å². The highest BCUT2D eigenvalue weighted by molar-refractivity contribution is 7.00. The standard InChI is InChI=1S/C50H66O8Si2/c1-8-54-48(53)36-56-46-32-38-30-40(34-58-60(50(5,6)7,43-25-17-11-18-26-43)44-27-19-12-20-28-44)39(29-37(38)31-45(46)55-35-47(51)52)33-57-59(49(2,3)4,41-21-13-9-14-22-41)42-23-15-10-16-24-42/h9-28,37-40,45-46H,8,29-36H2,1-7H3,(H,51,52)/t37-,38+,39-,40-,45-,46-/m1/s1. The van der Waals surface area contributed by atoms with Crippen molar-refractivity contribution in [2.75, 3.05) is 33.0 Å². The molecule has 10 heteroatoms. The number of carboxylic acid groups (broad SMARTS) is 1. The molecule has 6 atom stereocenters. The summed E-state index contributed by atoms with van der Waals surface area (Å²) in [6.45, 7) is 16.5. The Morgan fingerprint density at radius 3 is 1.18 bits per heavy atom. The van der Waals surface area contributed by atoms with Gasteiger partial charge in [-0.15, -0.1) is 0 Å². The lowest BCUT2D eigenvalue weighted by molar-refractivity contribution is -0.169. The van der Waals surface area contributed by atoms with Gasteiger partial charge in [0.1, 0.15) is 13.2 Å². The number of aliphatic carboxylic acids is 1. The van der Waals surface area contributed by atoms with Gasteiger partial charge in [0.2, 0.25) is 0 Å². The van der Waals surface area contributed by atoms with Crippen molar-refractivity contribution in [3.05, 3.63) is 121 Å². The van der Waals surface area contributed by atoms with Gasteiger partial charge in [-0.1, -0.05) is 163 Å². The van der Waals surface area contributed by atoms with Crippen LogP contribution in [0.4, 0.5) is 0 Å². The molecule has 2 aliphatic rings. The molecular weight excluding hydrogens is 785 g/mol. The van der Waals surface area contributed by atoms with E-state index in [0.717, 1.165) is 12.8 Å². The second-order valence-corrected chi connectivity index (χ2v) is 27.4. The molecule has 6 rings (SSSR count). The molecule has 2 fully saturated rings. The molecule has 322 valence electrons. The third-order valence-corrected chi connectivity index (χ3v) is 23.0. The number of carboxylic acids is 1. The first-order chi connectivity index (χ1) is 28.7. The first-order valence-corrected chi connectivity index (χ1v) is 25.6. The van der Waals surface area contributed by atoms with Gasteiger partial charge in [-0.25, -0.2) is 9.59 Å². The second-order valence-electron chi connectivity index (χ2n) is 18.8. The lowest BCUT2D eigenvalue weighted by atomic mass is 9.62. The molecule has 0 saturated heterocycles. The fourth-order valence-electron chi connectivity index (χ4n) is 10.3. The fourth-order valence-corrected chi connectivity index (χ4v) is 19.6. The Kier molecular flexibility index (Phi) is 15.1. The van der Waals surface area contributed by atoms with Crippen LogP contribution in [0, 0.1) is 23.7 Å². The predicted octanol–water partition coefficient (Wildman–Crippen LogP) is 7.61. The summed E-state index contributed by atoms with van der Waals surface area (Å²) in [7, 11) is -5.73. The van der Waals surface area contributed by atoms with Gasteiger partial charge in [-0.05, 0) is 87.1 Å². The summed E-state index contributed by atoms with van der Waals surface area (Å²) in [4.78, 5) is 24.2. The van der Waals surface area contributed by atoms with Crippen LogP contribution in [0.25, 0.3) is 0 Å². The van der Waals surface area contributed by atoms with Gasteiger partial charge < -0.3 is 28.2 Å². The molecule has 0 aromatic heterocycles. The van der Waals surface area contributed by atoms with E-state index in [0.29, 0.717) is 26.1 Å². The monoisotopic (exact) mass is 850 g/mol. The maximum absolute atomic E-state index is 12.5. The highest BCUT2D eigenvalue weighted by Crippen LogP contribution is 2.49. The van der Waals surface area contributed by atoms with Gasteiger partial charge >= 0.3 is 11.9 Å². The Balaban J connectivity index is 1.39. The van der Waals surface area contributed by atoms with Gasteiger partial charge in [0.05, 0.1) is 18.8 Å². The smallest absolute Gasteiger partial charge is 0.332 e. The van der Waals surface area contributed by atoms with Crippen LogP contribution in [-0.4, -0.2) is 78.9 Å². The Labute approximate surface area is 360 Å². The number of benzene rings is 4. The molecule has 2 aliphatic carbocycles. The van der Waals surface area contributed by atoms with E-state index in [9.17, 15) is 14.7 Å².